The Labute approximate surface area is 414 Å². The van der Waals surface area contributed by atoms with Crippen molar-refractivity contribution in [2.45, 2.75) is 93.3 Å². The molecule has 2 aliphatic heterocycles. The summed E-state index contributed by atoms with van der Waals surface area (Å²) in [4.78, 5) is 1.09. The number of halogens is 2. The molecule has 0 bridgehead atoms. The van der Waals surface area contributed by atoms with Crippen LogP contribution in [0.1, 0.15) is 90.8 Å². The van der Waals surface area contributed by atoms with Gasteiger partial charge in [-0.1, -0.05) is 26.0 Å². The molecule has 0 saturated heterocycles. The predicted molar refractivity (Wildman–Crippen MR) is 245 cm³/mol. The van der Waals surface area contributed by atoms with Gasteiger partial charge >= 0.3 is 29.6 Å². The number of benzene rings is 3. The fourth-order valence-electron chi connectivity index (χ4n) is 9.06. The molecule has 3 N–H and O–H groups in total. The molecule has 0 radical (unpaired) electrons. The molecule has 22 heteroatoms. The maximum atomic E-state index is 16.3. The molecule has 15 nitrogen and oxygen atoms in total. The van der Waals surface area contributed by atoms with Crippen molar-refractivity contribution in [3.05, 3.63) is 118 Å². The van der Waals surface area contributed by atoms with Crippen molar-refractivity contribution in [1.29, 1.82) is 0 Å². The van der Waals surface area contributed by atoms with Gasteiger partial charge in [0.25, 0.3) is 30.4 Å². The first-order valence-corrected chi connectivity index (χ1v) is 27.0. The summed E-state index contributed by atoms with van der Waals surface area (Å²) < 4.78 is 175. The maximum Gasteiger partial charge on any atom is 1.00 e. The molecule has 0 unspecified atom stereocenters. The Morgan fingerprint density at radius 2 is 1.37 bits per heavy atom. The van der Waals surface area contributed by atoms with E-state index in [-0.39, 0.29) is 91.5 Å². The average Bonchev–Trinajstić information content (AvgIpc) is 3.55. The molecule has 6 rings (SSSR count). The molecule has 0 spiro atoms. The predicted octanol–water partition coefficient (Wildman–Crippen LogP) is 4.75. The fourth-order valence-corrected chi connectivity index (χ4v) is 11.2. The summed E-state index contributed by atoms with van der Waals surface area (Å²) in [5.74, 6) is -2.85. The van der Waals surface area contributed by atoms with Gasteiger partial charge in [-0.15, -0.1) is 0 Å². The summed E-state index contributed by atoms with van der Waals surface area (Å²) >= 11 is 0. The van der Waals surface area contributed by atoms with E-state index < -0.39 is 79.3 Å². The second-order valence-corrected chi connectivity index (χ2v) is 23.5. The van der Waals surface area contributed by atoms with Crippen molar-refractivity contribution in [1.82, 2.24) is 0 Å². The van der Waals surface area contributed by atoms with Crippen molar-refractivity contribution in [2.75, 3.05) is 36.6 Å². The van der Waals surface area contributed by atoms with Crippen molar-refractivity contribution in [2.24, 2.45) is 0 Å². The quantitative estimate of drug-likeness (QED) is 0.0717. The number of hydrogen-bond donors (Lipinski definition) is 3. The number of anilines is 1. The normalized spacial score (nSPS) is 18.5. The second kappa shape index (κ2) is 20.4. The van der Waals surface area contributed by atoms with Crippen molar-refractivity contribution in [3.63, 3.8) is 0 Å². The minimum absolute atomic E-state index is 0. The molecule has 360 valence electrons. The van der Waals surface area contributed by atoms with E-state index >= 15 is 8.78 Å². The van der Waals surface area contributed by atoms with E-state index in [0.717, 1.165) is 12.1 Å². The van der Waals surface area contributed by atoms with Crippen LogP contribution in [0.3, 0.4) is 0 Å². The summed E-state index contributed by atoms with van der Waals surface area (Å²) in [6, 6.07) is 10.3. The number of unbranched alkanes of at least 4 members (excludes halogenated alkanes) is 2. The zero-order valence-electron chi connectivity index (χ0n) is 38.9. The van der Waals surface area contributed by atoms with Gasteiger partial charge in [0.15, 0.2) is 5.71 Å². The fraction of sp³-hybridized carbons (Fsp3) is 0.400. The molecule has 0 saturated carbocycles. The molecule has 3 aromatic carbocycles. The van der Waals surface area contributed by atoms with Crippen LogP contribution in [0, 0.1) is 11.6 Å². The van der Waals surface area contributed by atoms with E-state index in [1.54, 1.807) is 24.3 Å². The largest absolute Gasteiger partial charge is 1.00 e. The van der Waals surface area contributed by atoms with Crippen LogP contribution in [-0.2, 0) is 51.3 Å². The van der Waals surface area contributed by atoms with Gasteiger partial charge in [-0.05, 0) is 111 Å². The van der Waals surface area contributed by atoms with Crippen LogP contribution in [0.4, 0.5) is 20.2 Å². The van der Waals surface area contributed by atoms with Crippen LogP contribution in [-0.4, -0.2) is 93.9 Å². The first-order chi connectivity index (χ1) is 30.5. The van der Waals surface area contributed by atoms with Crippen molar-refractivity contribution < 1.29 is 101 Å². The van der Waals surface area contributed by atoms with Crippen LogP contribution in [0.15, 0.2) is 99.5 Å². The summed E-state index contributed by atoms with van der Waals surface area (Å²) in [5.41, 5.74) is 2.47. The minimum Gasteiger partial charge on any atom is -1.00 e. The van der Waals surface area contributed by atoms with Gasteiger partial charge in [-0.3, -0.25) is 13.7 Å². The van der Waals surface area contributed by atoms with Crippen LogP contribution in [0.5, 0.6) is 5.75 Å². The maximum absolute atomic E-state index is 16.3. The topological polar surface area (TPSA) is 236 Å². The van der Waals surface area contributed by atoms with E-state index in [1.165, 1.54) is 43.5 Å². The smallest absolute Gasteiger partial charge is 1.00 e. The van der Waals surface area contributed by atoms with Crippen LogP contribution >= 0.6 is 0 Å². The first-order valence-electron chi connectivity index (χ1n) is 21.0. The third-order valence-electron chi connectivity index (χ3n) is 12.3. The van der Waals surface area contributed by atoms with Crippen molar-refractivity contribution in [3.8, 4) is 5.75 Å². The van der Waals surface area contributed by atoms with Gasteiger partial charge in [0.2, 0.25) is 5.69 Å². The summed E-state index contributed by atoms with van der Waals surface area (Å²) in [6.45, 7) is 7.75. The SMILES string of the molecule is COc1cc(F)c(C2=C(C=CC3=[N+](CCCCS(=O)(=O)O)c4ccc(S(=O)(=O)[O-])cc4C3(C)C)CCCC2=CC=C2N(CCCCS(=O)(=O)O)c3ccc(S(=O)(=O)O)cc3C2(C)C)c(F)c1.[H-].[Na+]. The molecule has 2 heterocycles. The number of methoxy groups -OCH3 is 1. The summed E-state index contributed by atoms with van der Waals surface area (Å²) in [7, 11) is -16.7. The number of hydrogen-bond acceptors (Lipinski definition) is 11. The zero-order valence-corrected chi connectivity index (χ0v) is 43.2. The van der Waals surface area contributed by atoms with Gasteiger partial charge in [0, 0.05) is 59.6 Å². The van der Waals surface area contributed by atoms with Gasteiger partial charge in [-0.2, -0.15) is 29.8 Å². The summed E-state index contributed by atoms with van der Waals surface area (Å²) in [5, 5.41) is 0. The number of nitrogens with zero attached hydrogens (tertiary/aromatic N) is 2. The van der Waals surface area contributed by atoms with E-state index in [2.05, 4.69) is 0 Å². The third kappa shape index (κ3) is 12.2. The number of rotatable bonds is 17. The Kier molecular flexibility index (Phi) is 16.5. The molecular weight excluding hydrogens is 966 g/mol. The van der Waals surface area contributed by atoms with Crippen LogP contribution in [0.25, 0.3) is 5.57 Å². The van der Waals surface area contributed by atoms with Gasteiger partial charge in [-0.25, -0.2) is 17.2 Å². The second-order valence-electron chi connectivity index (χ2n) is 17.5. The van der Waals surface area contributed by atoms with Crippen molar-refractivity contribution >= 4 is 63.1 Å². The average molecular weight is 1020 g/mol. The Bertz CT molecular complexity index is 3070. The first kappa shape index (κ1) is 54.3. The Balaban J connectivity index is 0.00000504. The van der Waals surface area contributed by atoms with Gasteiger partial charge in [0.05, 0.1) is 39.4 Å². The van der Waals surface area contributed by atoms with E-state index in [0.29, 0.717) is 64.3 Å². The Morgan fingerprint density at radius 3 is 1.96 bits per heavy atom. The molecule has 0 fully saturated rings. The molecular formula is C45H53F2N2NaO13S4. The van der Waals surface area contributed by atoms with E-state index in [9.17, 15) is 51.9 Å². The number of ether oxygens (including phenoxy) is 1. The Hall–Kier alpha value is -3.61. The molecule has 1 aliphatic carbocycles. The van der Waals surface area contributed by atoms with E-state index in [4.69, 9.17) is 4.74 Å². The third-order valence-corrected chi connectivity index (χ3v) is 15.6. The Morgan fingerprint density at radius 1 is 0.776 bits per heavy atom. The zero-order chi connectivity index (χ0) is 48.8. The molecule has 67 heavy (non-hydrogen) atoms. The van der Waals surface area contributed by atoms with Crippen LogP contribution < -0.4 is 39.2 Å². The molecule has 3 aromatic rings. The molecule has 0 amide bonds. The molecule has 0 aromatic heterocycles. The molecule has 3 aliphatic rings. The minimum atomic E-state index is -4.85. The number of fused-ring (bicyclic) bond motifs is 2. The summed E-state index contributed by atoms with van der Waals surface area (Å²) in [6.07, 6.45) is 8.98. The van der Waals surface area contributed by atoms with Gasteiger partial charge in [0.1, 0.15) is 34.0 Å². The monoisotopic (exact) mass is 1020 g/mol. The van der Waals surface area contributed by atoms with E-state index in [1.807, 2.05) is 37.2 Å². The van der Waals surface area contributed by atoms with Gasteiger partial charge < -0.3 is 15.6 Å². The van der Waals surface area contributed by atoms with Crippen LogP contribution in [0.2, 0.25) is 0 Å². The number of allylic oxidation sites excluding steroid dienone is 8. The molecule has 0 atom stereocenters. The standard InChI is InChI=1S/C45H52F2N2O13S4.Na.H/c1-44(2)34-27-32(65(56,57)58)15-17-38(34)48(21-6-8-23-63(50,51)52)40(44)19-13-29-11-10-12-30(42(29)43-36(46)25-31(62-5)26-37(43)47)14-20-41-45(3,4)35-28-33(66(59,60)61)16-18-39(35)49(41)22-7-9-24-64(53,54)55;;/h13-20,25-28H,6-12,21-24H2,1-5H3,(H3-,50,51,52,53,54,55,56,57,58,59,60,61);;/q;+1;-1.